The van der Waals surface area contributed by atoms with Gasteiger partial charge in [0, 0.05) is 24.4 Å². The smallest absolute Gasteiger partial charge is 0.130 e. The summed E-state index contributed by atoms with van der Waals surface area (Å²) in [6.45, 7) is 6.02. The molecular weight excluding hydrogens is 300 g/mol. The molecule has 1 atom stereocenters. The third-order valence-electron chi connectivity index (χ3n) is 3.95. The minimum Gasteiger partial charge on any atom is -0.360 e. The lowest BCUT2D eigenvalue weighted by atomic mass is 9.98. The zero-order valence-corrected chi connectivity index (χ0v) is 13.9. The predicted molar refractivity (Wildman–Crippen MR) is 87.2 cm³/mol. The van der Waals surface area contributed by atoms with Crippen molar-refractivity contribution in [2.75, 3.05) is 18.0 Å². The Bertz CT molecular complexity index is 668. The van der Waals surface area contributed by atoms with Crippen LogP contribution in [0.25, 0.3) is 0 Å². The van der Waals surface area contributed by atoms with Gasteiger partial charge >= 0.3 is 0 Å². The highest BCUT2D eigenvalue weighted by Crippen LogP contribution is 2.35. The SMILES string of the molecule is CCc1csc(C2CCCN(c3snc(C)c3C#N)C2)n1. The van der Waals surface area contributed by atoms with Gasteiger partial charge < -0.3 is 4.90 Å². The van der Waals surface area contributed by atoms with Gasteiger partial charge in [-0.05, 0) is 37.7 Å². The highest BCUT2D eigenvalue weighted by molar-refractivity contribution is 7.10. The zero-order chi connectivity index (χ0) is 14.8. The summed E-state index contributed by atoms with van der Waals surface area (Å²) in [7, 11) is 0. The summed E-state index contributed by atoms with van der Waals surface area (Å²) < 4.78 is 4.34. The highest BCUT2D eigenvalue weighted by Gasteiger charge is 2.27. The summed E-state index contributed by atoms with van der Waals surface area (Å²) in [4.78, 5) is 7.07. The van der Waals surface area contributed by atoms with Gasteiger partial charge in [0.25, 0.3) is 0 Å². The van der Waals surface area contributed by atoms with Crippen LogP contribution in [0.3, 0.4) is 0 Å². The Morgan fingerprint density at radius 2 is 2.38 bits per heavy atom. The largest absolute Gasteiger partial charge is 0.360 e. The molecule has 0 aromatic carbocycles. The first kappa shape index (κ1) is 14.5. The maximum atomic E-state index is 9.32. The lowest BCUT2D eigenvalue weighted by molar-refractivity contribution is 0.509. The van der Waals surface area contributed by atoms with Crippen LogP contribution < -0.4 is 4.90 Å². The lowest BCUT2D eigenvalue weighted by Crippen LogP contribution is -2.34. The number of aromatic nitrogens is 2. The van der Waals surface area contributed by atoms with Crippen LogP contribution >= 0.6 is 22.9 Å². The van der Waals surface area contributed by atoms with Crippen LogP contribution in [0.15, 0.2) is 5.38 Å². The third kappa shape index (κ3) is 2.81. The van der Waals surface area contributed by atoms with Gasteiger partial charge in [-0.1, -0.05) is 6.92 Å². The average molecular weight is 318 g/mol. The Kier molecular flexibility index (Phi) is 4.22. The van der Waals surface area contributed by atoms with E-state index in [-0.39, 0.29) is 0 Å². The molecule has 1 aliphatic heterocycles. The van der Waals surface area contributed by atoms with Gasteiger partial charge in [-0.25, -0.2) is 4.98 Å². The van der Waals surface area contributed by atoms with E-state index in [1.807, 2.05) is 6.92 Å². The molecule has 1 aliphatic rings. The topological polar surface area (TPSA) is 52.8 Å². The van der Waals surface area contributed by atoms with Crippen molar-refractivity contribution in [2.24, 2.45) is 0 Å². The van der Waals surface area contributed by atoms with Crippen molar-refractivity contribution >= 4 is 27.9 Å². The standard InChI is InChI=1S/C15H18N4S2/c1-3-12-9-20-14(17-12)11-5-4-6-19(8-11)15-13(7-16)10(2)18-21-15/h9,11H,3-6,8H2,1-2H3. The quantitative estimate of drug-likeness (QED) is 0.865. The molecule has 0 aliphatic carbocycles. The normalized spacial score (nSPS) is 18.7. The van der Waals surface area contributed by atoms with Gasteiger partial charge in [-0.3, -0.25) is 0 Å². The van der Waals surface area contributed by atoms with Gasteiger partial charge in [0.15, 0.2) is 0 Å². The molecule has 21 heavy (non-hydrogen) atoms. The average Bonchev–Trinajstić information content (AvgIpc) is 3.13. The molecule has 0 radical (unpaired) electrons. The molecule has 6 heteroatoms. The number of nitrogens with zero attached hydrogens (tertiary/aromatic N) is 4. The molecule has 3 heterocycles. The third-order valence-corrected chi connectivity index (χ3v) is 6.00. The molecule has 4 nitrogen and oxygen atoms in total. The van der Waals surface area contributed by atoms with Crippen molar-refractivity contribution in [3.8, 4) is 6.07 Å². The van der Waals surface area contributed by atoms with Crippen LogP contribution in [-0.2, 0) is 6.42 Å². The molecule has 3 rings (SSSR count). The van der Waals surface area contributed by atoms with Gasteiger partial charge in [0.1, 0.15) is 16.6 Å². The predicted octanol–water partition coefficient (Wildman–Crippen LogP) is 3.73. The van der Waals surface area contributed by atoms with Crippen LogP contribution in [-0.4, -0.2) is 22.4 Å². The molecule has 0 bridgehead atoms. The van der Waals surface area contributed by atoms with Crippen LogP contribution in [0.4, 0.5) is 5.00 Å². The number of aryl methyl sites for hydroxylation is 2. The summed E-state index contributed by atoms with van der Waals surface area (Å²) in [6.07, 6.45) is 3.33. The van der Waals surface area contributed by atoms with Gasteiger partial charge in [-0.2, -0.15) is 9.64 Å². The lowest BCUT2D eigenvalue weighted by Gasteiger charge is -2.32. The first-order valence-corrected chi connectivity index (χ1v) is 8.93. The van der Waals surface area contributed by atoms with Crippen molar-refractivity contribution in [1.82, 2.24) is 9.36 Å². The van der Waals surface area contributed by atoms with Crippen LogP contribution in [0.2, 0.25) is 0 Å². The number of thiazole rings is 1. The van der Waals surface area contributed by atoms with E-state index < -0.39 is 0 Å². The van der Waals surface area contributed by atoms with Crippen molar-refractivity contribution in [3.05, 3.63) is 27.3 Å². The van der Waals surface area contributed by atoms with Crippen molar-refractivity contribution in [2.45, 2.75) is 39.0 Å². The van der Waals surface area contributed by atoms with E-state index in [1.165, 1.54) is 28.7 Å². The van der Waals surface area contributed by atoms with Crippen LogP contribution in [0, 0.1) is 18.3 Å². The van der Waals surface area contributed by atoms with Crippen LogP contribution in [0.5, 0.6) is 0 Å². The van der Waals surface area contributed by atoms with E-state index in [1.54, 1.807) is 11.3 Å². The molecule has 0 saturated carbocycles. The van der Waals surface area contributed by atoms with Crippen LogP contribution in [0.1, 0.15) is 47.6 Å². The Hall–Kier alpha value is -1.45. The summed E-state index contributed by atoms with van der Waals surface area (Å²) in [5.74, 6) is 0.484. The van der Waals surface area contributed by atoms with E-state index in [9.17, 15) is 5.26 Å². The van der Waals surface area contributed by atoms with Crippen molar-refractivity contribution in [1.29, 1.82) is 5.26 Å². The maximum Gasteiger partial charge on any atom is 0.130 e. The Morgan fingerprint density at radius 3 is 3.10 bits per heavy atom. The second-order valence-electron chi connectivity index (χ2n) is 5.38. The number of nitriles is 1. The maximum absolute atomic E-state index is 9.32. The van der Waals surface area contributed by atoms with E-state index >= 15 is 0 Å². The van der Waals surface area contributed by atoms with Gasteiger partial charge in [0.05, 0.1) is 16.4 Å². The Balaban J connectivity index is 1.81. The molecule has 110 valence electrons. The summed E-state index contributed by atoms with van der Waals surface area (Å²) in [6, 6.07) is 2.30. The first-order valence-electron chi connectivity index (χ1n) is 7.28. The fraction of sp³-hybridized carbons (Fsp3) is 0.533. The van der Waals surface area contributed by atoms with E-state index in [2.05, 4.69) is 27.6 Å². The molecule has 2 aromatic heterocycles. The number of anilines is 1. The number of piperidine rings is 1. The van der Waals surface area contributed by atoms with Gasteiger partial charge in [0.2, 0.25) is 0 Å². The zero-order valence-electron chi connectivity index (χ0n) is 12.3. The van der Waals surface area contributed by atoms with Crippen molar-refractivity contribution < 1.29 is 0 Å². The van der Waals surface area contributed by atoms with E-state index in [4.69, 9.17) is 4.98 Å². The molecule has 0 amide bonds. The minimum atomic E-state index is 0.484. The molecule has 2 aromatic rings. The van der Waals surface area contributed by atoms with Crippen molar-refractivity contribution in [3.63, 3.8) is 0 Å². The van der Waals surface area contributed by atoms with Gasteiger partial charge in [-0.15, -0.1) is 11.3 Å². The Labute approximate surface area is 133 Å². The van der Waals surface area contributed by atoms with E-state index in [0.717, 1.165) is 42.2 Å². The fourth-order valence-corrected chi connectivity index (χ4v) is 4.65. The summed E-state index contributed by atoms with van der Waals surface area (Å²) in [5, 5.41) is 13.8. The first-order chi connectivity index (χ1) is 10.2. The molecule has 1 fully saturated rings. The molecule has 0 N–H and O–H groups in total. The van der Waals surface area contributed by atoms with E-state index in [0.29, 0.717) is 5.92 Å². The Morgan fingerprint density at radius 1 is 1.52 bits per heavy atom. The second-order valence-corrected chi connectivity index (χ2v) is 7.02. The number of hydrogen-bond donors (Lipinski definition) is 0. The fourth-order valence-electron chi connectivity index (χ4n) is 2.74. The summed E-state index contributed by atoms with van der Waals surface area (Å²) >= 11 is 3.23. The second kappa shape index (κ2) is 6.12. The molecule has 1 saturated heterocycles. The number of hydrogen-bond acceptors (Lipinski definition) is 6. The monoisotopic (exact) mass is 318 g/mol. The minimum absolute atomic E-state index is 0.484. The molecular formula is C15H18N4S2. The molecule has 1 unspecified atom stereocenters. The summed E-state index contributed by atoms with van der Waals surface area (Å²) in [5.41, 5.74) is 2.79. The number of rotatable bonds is 3. The highest BCUT2D eigenvalue weighted by atomic mass is 32.1. The molecule has 0 spiro atoms.